The first kappa shape index (κ1) is 16.8. The van der Waals surface area contributed by atoms with E-state index in [2.05, 4.69) is 25.1 Å². The Bertz CT molecular complexity index is 625. The summed E-state index contributed by atoms with van der Waals surface area (Å²) in [5.74, 6) is -0.0653. The number of quaternary nitrogens is 1. The van der Waals surface area contributed by atoms with Gasteiger partial charge in [-0.25, -0.2) is 0 Å². The lowest BCUT2D eigenvalue weighted by atomic mass is 9.83. The molecule has 134 valence electrons. The standard InChI is InChI=1S/C22H29NO2/c1-2-23-17-12-13-18(23)15-19(14-17)25-22(24)21-11-7-6-10-20(21)16-8-4-3-5-9-16/h3-5,8-10,17-19,21H,2,6-7,11-15H2,1H3/p+1/t17-,18+,19?,21?. The number of benzene rings is 1. The van der Waals surface area contributed by atoms with Crippen LogP contribution < -0.4 is 4.90 Å². The molecule has 1 N–H and O–H groups in total. The molecule has 2 aliphatic heterocycles. The number of carbonyl (C=O) groups excluding carboxylic acids is 1. The fourth-order valence-electron chi connectivity index (χ4n) is 5.37. The van der Waals surface area contributed by atoms with Gasteiger partial charge in [0, 0.05) is 25.7 Å². The highest BCUT2D eigenvalue weighted by Crippen LogP contribution is 2.34. The zero-order valence-corrected chi connectivity index (χ0v) is 15.2. The van der Waals surface area contributed by atoms with Gasteiger partial charge in [-0.2, -0.15) is 0 Å². The Morgan fingerprint density at radius 3 is 2.52 bits per heavy atom. The second-order valence-electron chi connectivity index (χ2n) is 7.94. The first-order valence-corrected chi connectivity index (χ1v) is 10.1. The van der Waals surface area contributed by atoms with Crippen LogP contribution in [0, 0.1) is 5.92 Å². The number of fused-ring (bicyclic) bond motifs is 2. The number of esters is 1. The summed E-state index contributed by atoms with van der Waals surface area (Å²) in [5, 5.41) is 0. The molecule has 25 heavy (non-hydrogen) atoms. The number of piperidine rings is 1. The van der Waals surface area contributed by atoms with Crippen molar-refractivity contribution in [1.82, 2.24) is 0 Å². The highest BCUT2D eigenvalue weighted by Gasteiger charge is 2.45. The smallest absolute Gasteiger partial charge is 0.313 e. The Kier molecular flexibility index (Phi) is 4.93. The molecule has 3 unspecified atom stereocenters. The minimum Gasteiger partial charge on any atom is -0.461 e. The van der Waals surface area contributed by atoms with E-state index in [1.165, 1.54) is 30.5 Å². The molecule has 1 aliphatic carbocycles. The number of rotatable bonds is 4. The molecule has 2 saturated heterocycles. The number of hydrogen-bond donors (Lipinski definition) is 1. The van der Waals surface area contributed by atoms with Crippen molar-refractivity contribution in [1.29, 1.82) is 0 Å². The van der Waals surface area contributed by atoms with E-state index < -0.39 is 0 Å². The summed E-state index contributed by atoms with van der Waals surface area (Å²) < 4.78 is 6.06. The molecular weight excluding hydrogens is 310 g/mol. The number of nitrogens with one attached hydrogen (secondary N) is 1. The molecule has 2 heterocycles. The minimum atomic E-state index is -0.0784. The van der Waals surface area contributed by atoms with E-state index in [1.807, 2.05) is 18.2 Å². The largest absolute Gasteiger partial charge is 0.461 e. The van der Waals surface area contributed by atoms with Crippen LogP contribution in [-0.4, -0.2) is 30.7 Å². The van der Waals surface area contributed by atoms with E-state index in [9.17, 15) is 4.79 Å². The highest BCUT2D eigenvalue weighted by molar-refractivity contribution is 5.89. The zero-order chi connectivity index (χ0) is 17.2. The van der Waals surface area contributed by atoms with Crippen LogP contribution in [-0.2, 0) is 9.53 Å². The van der Waals surface area contributed by atoms with Gasteiger partial charge in [0.15, 0.2) is 0 Å². The molecule has 2 fully saturated rings. The minimum absolute atomic E-state index is 0.0131. The van der Waals surface area contributed by atoms with Crippen LogP contribution in [0.25, 0.3) is 5.57 Å². The van der Waals surface area contributed by atoms with Crippen molar-refractivity contribution in [3.63, 3.8) is 0 Å². The summed E-state index contributed by atoms with van der Waals surface area (Å²) >= 11 is 0. The van der Waals surface area contributed by atoms with Crippen LogP contribution in [0.4, 0.5) is 0 Å². The van der Waals surface area contributed by atoms with Crippen LogP contribution in [0.2, 0.25) is 0 Å². The van der Waals surface area contributed by atoms with E-state index >= 15 is 0 Å². The number of hydrogen-bond acceptors (Lipinski definition) is 2. The average molecular weight is 340 g/mol. The van der Waals surface area contributed by atoms with Crippen LogP contribution in [0.5, 0.6) is 0 Å². The first-order chi connectivity index (χ1) is 12.3. The lowest BCUT2D eigenvalue weighted by molar-refractivity contribution is -0.940. The zero-order valence-electron chi connectivity index (χ0n) is 15.2. The SMILES string of the molecule is CC[NH+]1[C@@H]2CC[C@H]1CC(OC(=O)C1CCCC=C1c1ccccc1)C2. The second-order valence-corrected chi connectivity index (χ2v) is 7.94. The molecule has 0 radical (unpaired) electrons. The van der Waals surface area contributed by atoms with Crippen molar-refractivity contribution in [3.8, 4) is 0 Å². The van der Waals surface area contributed by atoms with Gasteiger partial charge in [-0.3, -0.25) is 4.79 Å². The fraction of sp³-hybridized carbons (Fsp3) is 0.591. The van der Waals surface area contributed by atoms with Crippen LogP contribution in [0.15, 0.2) is 36.4 Å². The molecule has 5 atom stereocenters. The summed E-state index contributed by atoms with van der Waals surface area (Å²) in [6.45, 7) is 3.49. The van der Waals surface area contributed by atoms with Crippen LogP contribution in [0.3, 0.4) is 0 Å². The number of carbonyl (C=O) groups is 1. The quantitative estimate of drug-likeness (QED) is 0.854. The van der Waals surface area contributed by atoms with Crippen molar-refractivity contribution in [2.24, 2.45) is 5.92 Å². The first-order valence-electron chi connectivity index (χ1n) is 10.1. The molecular formula is C22H30NO2+. The fourth-order valence-corrected chi connectivity index (χ4v) is 5.37. The molecule has 0 amide bonds. The van der Waals surface area contributed by atoms with Gasteiger partial charge in [-0.15, -0.1) is 0 Å². The summed E-state index contributed by atoms with van der Waals surface area (Å²) in [6.07, 6.45) is 10.2. The molecule has 0 spiro atoms. The van der Waals surface area contributed by atoms with Crippen molar-refractivity contribution in [3.05, 3.63) is 42.0 Å². The normalized spacial score (nSPS) is 34.4. The van der Waals surface area contributed by atoms with Gasteiger partial charge in [0.1, 0.15) is 6.10 Å². The molecule has 3 nitrogen and oxygen atoms in total. The third kappa shape index (κ3) is 3.39. The third-order valence-electron chi connectivity index (χ3n) is 6.53. The van der Waals surface area contributed by atoms with Gasteiger partial charge in [0.05, 0.1) is 24.5 Å². The highest BCUT2D eigenvalue weighted by atomic mass is 16.5. The third-order valence-corrected chi connectivity index (χ3v) is 6.53. The van der Waals surface area contributed by atoms with Gasteiger partial charge in [0.25, 0.3) is 0 Å². The maximum Gasteiger partial charge on any atom is 0.313 e. The Balaban J connectivity index is 1.44. The van der Waals surface area contributed by atoms with E-state index in [-0.39, 0.29) is 18.0 Å². The topological polar surface area (TPSA) is 30.7 Å². The van der Waals surface area contributed by atoms with E-state index in [4.69, 9.17) is 4.74 Å². The maximum atomic E-state index is 13.0. The predicted molar refractivity (Wildman–Crippen MR) is 99.2 cm³/mol. The maximum absolute atomic E-state index is 13.0. The molecule has 0 saturated carbocycles. The lowest BCUT2D eigenvalue weighted by Crippen LogP contribution is -3.18. The summed E-state index contributed by atoms with van der Waals surface area (Å²) in [4.78, 5) is 14.7. The molecule has 4 rings (SSSR count). The van der Waals surface area contributed by atoms with Gasteiger partial charge in [-0.05, 0) is 37.3 Å². The summed E-state index contributed by atoms with van der Waals surface area (Å²) in [5.41, 5.74) is 2.35. The van der Waals surface area contributed by atoms with Crippen LogP contribution in [0.1, 0.15) is 57.4 Å². The molecule has 0 aromatic heterocycles. The van der Waals surface area contributed by atoms with Crippen molar-refractivity contribution in [2.45, 2.75) is 70.1 Å². The molecule has 3 aliphatic rings. The molecule has 1 aromatic carbocycles. The van der Waals surface area contributed by atoms with Crippen molar-refractivity contribution in [2.75, 3.05) is 6.54 Å². The Hall–Kier alpha value is -1.61. The molecule has 3 heteroatoms. The van der Waals surface area contributed by atoms with E-state index in [0.717, 1.165) is 32.1 Å². The number of allylic oxidation sites excluding steroid dienone is 1. The van der Waals surface area contributed by atoms with E-state index in [0.29, 0.717) is 12.1 Å². The Morgan fingerprint density at radius 1 is 1.12 bits per heavy atom. The monoisotopic (exact) mass is 340 g/mol. The van der Waals surface area contributed by atoms with Gasteiger partial charge >= 0.3 is 5.97 Å². The van der Waals surface area contributed by atoms with Gasteiger partial charge in [-0.1, -0.05) is 36.4 Å². The van der Waals surface area contributed by atoms with Crippen molar-refractivity contribution < 1.29 is 14.4 Å². The van der Waals surface area contributed by atoms with Gasteiger partial charge < -0.3 is 9.64 Å². The second kappa shape index (κ2) is 7.33. The summed E-state index contributed by atoms with van der Waals surface area (Å²) in [6, 6.07) is 11.8. The molecule has 1 aromatic rings. The lowest BCUT2D eigenvalue weighted by Gasteiger charge is -2.36. The average Bonchev–Trinajstić information content (AvgIpc) is 2.91. The van der Waals surface area contributed by atoms with E-state index in [1.54, 1.807) is 4.90 Å². The Morgan fingerprint density at radius 2 is 1.84 bits per heavy atom. The number of ether oxygens (including phenoxy) is 1. The predicted octanol–water partition coefficient (Wildman–Crippen LogP) is 3.01. The van der Waals surface area contributed by atoms with Gasteiger partial charge in [0.2, 0.25) is 0 Å². The Labute approximate surface area is 151 Å². The molecule has 2 bridgehead atoms. The van der Waals surface area contributed by atoms with Crippen LogP contribution >= 0.6 is 0 Å². The van der Waals surface area contributed by atoms with Crippen molar-refractivity contribution >= 4 is 11.5 Å². The summed E-state index contributed by atoms with van der Waals surface area (Å²) in [7, 11) is 0.